The van der Waals surface area contributed by atoms with Gasteiger partial charge >= 0.3 is 0 Å². The van der Waals surface area contributed by atoms with Crippen LogP contribution in [0.4, 0.5) is 0 Å². The predicted molar refractivity (Wildman–Crippen MR) is 293 cm³/mol. The van der Waals surface area contributed by atoms with Crippen LogP contribution < -0.4 is 5.32 Å². The average molecular weight is 1010 g/mol. The van der Waals surface area contributed by atoms with Crippen LogP contribution in [-0.2, 0) is 14.3 Å². The second-order valence-electron chi connectivity index (χ2n) is 21.1. The van der Waals surface area contributed by atoms with Crippen molar-refractivity contribution in [2.75, 3.05) is 13.2 Å². The van der Waals surface area contributed by atoms with Gasteiger partial charge < -0.3 is 50.5 Å². The Morgan fingerprint density at radius 3 is 1.35 bits per heavy atom. The molecule has 1 aliphatic rings. The molecule has 0 saturated carbocycles. The van der Waals surface area contributed by atoms with Crippen LogP contribution in [0.5, 0.6) is 0 Å². The number of hydrogen-bond acceptors (Lipinski definition) is 10. The van der Waals surface area contributed by atoms with Crippen LogP contribution in [-0.4, -0.2) is 110 Å². The van der Waals surface area contributed by atoms with Gasteiger partial charge in [-0.1, -0.05) is 243 Å². The molecule has 0 bridgehead atoms. The molecule has 1 fully saturated rings. The molecule has 1 heterocycles. The summed E-state index contributed by atoms with van der Waals surface area (Å²) in [5.41, 5.74) is 0. The minimum Gasteiger partial charge on any atom is -0.394 e. The van der Waals surface area contributed by atoms with Gasteiger partial charge in [-0.25, -0.2) is 0 Å². The maximum atomic E-state index is 13.1. The van der Waals surface area contributed by atoms with Gasteiger partial charge in [-0.2, -0.15) is 0 Å². The lowest BCUT2D eigenvalue weighted by Crippen LogP contribution is -2.60. The summed E-state index contributed by atoms with van der Waals surface area (Å²) < 4.78 is 11.0. The largest absolute Gasteiger partial charge is 0.394 e. The Hall–Kier alpha value is -1.67. The highest BCUT2D eigenvalue weighted by Crippen LogP contribution is 2.23. The van der Waals surface area contributed by atoms with Gasteiger partial charge in [0.2, 0.25) is 5.91 Å². The van der Waals surface area contributed by atoms with Crippen molar-refractivity contribution < 1.29 is 50.0 Å². The first kappa shape index (κ1) is 67.3. The van der Waals surface area contributed by atoms with Crippen molar-refractivity contribution in [3.8, 4) is 0 Å². The molecule has 0 aromatic carbocycles. The van der Waals surface area contributed by atoms with Crippen LogP contribution in [0.15, 0.2) is 36.5 Å². The standard InChI is InChI=1S/C60H113NO10/c1-3-5-7-9-11-12-13-14-15-16-17-18-19-20-21-22-23-24-25-26-27-28-29-30-31-32-33-34-35-36-37-38-39-40-41-42-44-46-48-53(64)59(69)61-51(55(65)52(63)47-45-43-10-8-6-4-2)50-70-60-58(68)57(67)56(66)54(49-62)71-60/h8,10,23-24,26-27,51-58,60,62-68H,3-7,9,11-22,25,28-50H2,1-2H3,(H,61,69)/b10-8+,24-23-,27-26-. The van der Waals surface area contributed by atoms with Crippen LogP contribution in [0.1, 0.15) is 271 Å². The molecule has 11 nitrogen and oxygen atoms in total. The predicted octanol–water partition coefficient (Wildman–Crippen LogP) is 12.7. The molecule has 0 aromatic rings. The first-order valence-corrected chi connectivity index (χ1v) is 29.9. The molecule has 9 atom stereocenters. The van der Waals surface area contributed by atoms with Gasteiger partial charge in [-0.3, -0.25) is 4.79 Å². The van der Waals surface area contributed by atoms with E-state index in [1.54, 1.807) is 0 Å². The van der Waals surface area contributed by atoms with Crippen molar-refractivity contribution in [3.63, 3.8) is 0 Å². The van der Waals surface area contributed by atoms with E-state index in [4.69, 9.17) is 9.47 Å². The highest BCUT2D eigenvalue weighted by molar-refractivity contribution is 5.80. The Morgan fingerprint density at radius 2 is 0.901 bits per heavy atom. The Kier molecular flexibility index (Phi) is 46.7. The highest BCUT2D eigenvalue weighted by atomic mass is 16.7. The summed E-state index contributed by atoms with van der Waals surface area (Å²) in [6.45, 7) is 3.31. The minimum atomic E-state index is -1.67. The number of carbonyl (C=O) groups excluding carboxylic acids is 1. The number of amides is 1. The summed E-state index contributed by atoms with van der Waals surface area (Å²) in [6.07, 6.45) is 50.3. The molecule has 0 spiro atoms. The lowest BCUT2D eigenvalue weighted by Gasteiger charge is -2.40. The molecule has 11 heteroatoms. The number of carbonyl (C=O) groups is 1. The molecule has 0 radical (unpaired) electrons. The molecular formula is C60H113NO10. The van der Waals surface area contributed by atoms with E-state index < -0.39 is 74.2 Å². The summed E-state index contributed by atoms with van der Waals surface area (Å²) >= 11 is 0. The second kappa shape index (κ2) is 49.2. The van der Waals surface area contributed by atoms with Gasteiger partial charge in [0.1, 0.15) is 36.6 Å². The topological polar surface area (TPSA) is 189 Å². The van der Waals surface area contributed by atoms with Crippen LogP contribution in [0, 0.1) is 0 Å². The number of rotatable bonds is 51. The third-order valence-electron chi connectivity index (χ3n) is 14.4. The van der Waals surface area contributed by atoms with Crippen molar-refractivity contribution in [3.05, 3.63) is 36.5 Å². The fourth-order valence-electron chi connectivity index (χ4n) is 9.54. The molecule has 1 saturated heterocycles. The zero-order valence-corrected chi connectivity index (χ0v) is 45.7. The fourth-order valence-corrected chi connectivity index (χ4v) is 9.54. The summed E-state index contributed by atoms with van der Waals surface area (Å²) in [6, 6.07) is -1.18. The number of hydrogen-bond donors (Lipinski definition) is 8. The highest BCUT2D eigenvalue weighted by Gasteiger charge is 2.44. The number of unbranched alkanes of at least 4 members (excludes halogenated alkanes) is 33. The van der Waals surface area contributed by atoms with E-state index in [0.29, 0.717) is 12.8 Å². The van der Waals surface area contributed by atoms with Crippen molar-refractivity contribution in [2.24, 2.45) is 0 Å². The van der Waals surface area contributed by atoms with E-state index in [0.717, 1.165) is 44.9 Å². The number of ether oxygens (including phenoxy) is 2. The normalized spacial score (nSPS) is 20.4. The van der Waals surface area contributed by atoms with E-state index >= 15 is 0 Å². The Bertz CT molecular complexity index is 1250. The summed E-state index contributed by atoms with van der Waals surface area (Å²) in [5.74, 6) is -0.710. The maximum absolute atomic E-state index is 13.1. The van der Waals surface area contributed by atoms with Crippen LogP contribution >= 0.6 is 0 Å². The van der Waals surface area contributed by atoms with Gasteiger partial charge in [0.15, 0.2) is 6.29 Å². The monoisotopic (exact) mass is 1010 g/mol. The van der Waals surface area contributed by atoms with Crippen molar-refractivity contribution in [2.45, 2.75) is 326 Å². The van der Waals surface area contributed by atoms with E-state index in [9.17, 15) is 40.5 Å². The first-order chi connectivity index (χ1) is 34.7. The Balaban J connectivity index is 2.04. The molecular weight excluding hydrogens is 895 g/mol. The van der Waals surface area contributed by atoms with Gasteiger partial charge in [0.05, 0.1) is 25.4 Å². The van der Waals surface area contributed by atoms with Crippen LogP contribution in [0.2, 0.25) is 0 Å². The average Bonchev–Trinajstić information content (AvgIpc) is 3.37. The molecule has 8 N–H and O–H groups in total. The number of allylic oxidation sites excluding steroid dienone is 6. The molecule has 418 valence electrons. The van der Waals surface area contributed by atoms with E-state index in [-0.39, 0.29) is 12.8 Å². The quantitative estimate of drug-likeness (QED) is 0.0215. The van der Waals surface area contributed by atoms with E-state index in [1.165, 1.54) is 186 Å². The molecule has 9 unspecified atom stereocenters. The number of aliphatic hydroxyl groups excluding tert-OH is 7. The molecule has 1 amide bonds. The molecule has 0 aromatic heterocycles. The fraction of sp³-hybridized carbons (Fsp3) is 0.883. The summed E-state index contributed by atoms with van der Waals surface area (Å²) in [7, 11) is 0. The molecule has 1 rings (SSSR count). The summed E-state index contributed by atoms with van der Waals surface area (Å²) in [4.78, 5) is 13.1. The summed E-state index contributed by atoms with van der Waals surface area (Å²) in [5, 5.41) is 75.4. The maximum Gasteiger partial charge on any atom is 0.249 e. The Labute approximate surface area is 435 Å². The molecule has 71 heavy (non-hydrogen) atoms. The second-order valence-corrected chi connectivity index (χ2v) is 21.1. The van der Waals surface area contributed by atoms with Crippen LogP contribution in [0.3, 0.4) is 0 Å². The minimum absolute atomic E-state index is 0.254. The first-order valence-electron chi connectivity index (χ1n) is 29.9. The smallest absolute Gasteiger partial charge is 0.249 e. The zero-order chi connectivity index (χ0) is 51.8. The van der Waals surface area contributed by atoms with E-state index in [1.807, 2.05) is 6.08 Å². The third-order valence-corrected chi connectivity index (χ3v) is 14.4. The van der Waals surface area contributed by atoms with E-state index in [2.05, 4.69) is 49.5 Å². The SMILES string of the molecule is CCC/C=C/CCCC(O)C(O)C(COC1OC(CO)C(O)C(O)C1O)NC(=O)C(O)CCCCCCCCCCCCCCCCCC/C=C\C/C=C\CCCCCCCCCCCCCCCCC. The van der Waals surface area contributed by atoms with Gasteiger partial charge in [-0.15, -0.1) is 0 Å². The van der Waals surface area contributed by atoms with Crippen LogP contribution in [0.25, 0.3) is 0 Å². The van der Waals surface area contributed by atoms with Gasteiger partial charge in [-0.05, 0) is 64.2 Å². The van der Waals surface area contributed by atoms with Crippen molar-refractivity contribution in [1.29, 1.82) is 0 Å². The van der Waals surface area contributed by atoms with Gasteiger partial charge in [0, 0.05) is 0 Å². The third kappa shape index (κ3) is 37.7. The number of nitrogens with one attached hydrogen (secondary N) is 1. The van der Waals surface area contributed by atoms with Gasteiger partial charge in [0.25, 0.3) is 0 Å². The Morgan fingerprint density at radius 1 is 0.493 bits per heavy atom. The molecule has 0 aliphatic carbocycles. The zero-order valence-electron chi connectivity index (χ0n) is 45.7. The van der Waals surface area contributed by atoms with Crippen molar-refractivity contribution in [1.82, 2.24) is 5.32 Å². The lowest BCUT2D eigenvalue weighted by atomic mass is 9.98. The lowest BCUT2D eigenvalue weighted by molar-refractivity contribution is -0.303. The molecule has 1 aliphatic heterocycles. The number of aliphatic hydroxyl groups is 7. The van der Waals surface area contributed by atoms with Crippen molar-refractivity contribution >= 4 is 5.91 Å².